The maximum absolute atomic E-state index is 7.09. The number of nitrogens with two attached hydrogens (primary N) is 1. The van der Waals surface area contributed by atoms with Crippen LogP contribution in [-0.2, 0) is 0 Å². The van der Waals surface area contributed by atoms with Crippen molar-refractivity contribution in [2.75, 3.05) is 5.73 Å². The van der Waals surface area contributed by atoms with Crippen molar-refractivity contribution in [2.24, 2.45) is 0 Å². The molecule has 1 rings (SSSR count). The molecule has 0 aliphatic heterocycles. The molecular formula is C6H6AcClN2-. The second kappa shape index (κ2) is 4.43. The van der Waals surface area contributed by atoms with Gasteiger partial charge in [-0.05, 0) is 6.07 Å². The molecule has 10 heavy (non-hydrogen) atoms. The van der Waals surface area contributed by atoms with Gasteiger partial charge in [0, 0.05) is 49.7 Å². The fraction of sp³-hybridized carbons (Fsp3) is 0. The molecule has 0 spiro atoms. The van der Waals surface area contributed by atoms with E-state index >= 15 is 0 Å². The Balaban J connectivity index is 0.000000810. The van der Waals surface area contributed by atoms with E-state index in [0.717, 1.165) is 0 Å². The second-order valence-corrected chi connectivity index (χ2v) is 2.14. The van der Waals surface area contributed by atoms with Crippen LogP contribution in [0.5, 0.6) is 0 Å². The third-order valence-electron chi connectivity index (χ3n) is 0.996. The maximum Gasteiger partial charge on any atom is 0.0634 e. The second-order valence-electron chi connectivity index (χ2n) is 1.74. The summed E-state index contributed by atoms with van der Waals surface area (Å²) in [6.45, 7) is 0. The molecule has 0 aromatic heterocycles. The molecule has 0 aliphatic rings. The van der Waals surface area contributed by atoms with Crippen molar-refractivity contribution >= 4 is 23.0 Å². The summed E-state index contributed by atoms with van der Waals surface area (Å²) < 4.78 is 0. The van der Waals surface area contributed by atoms with Gasteiger partial charge in [-0.1, -0.05) is 23.7 Å². The van der Waals surface area contributed by atoms with Crippen molar-refractivity contribution in [3.8, 4) is 0 Å². The van der Waals surface area contributed by atoms with Crippen LogP contribution in [0.4, 0.5) is 11.4 Å². The quantitative estimate of drug-likeness (QED) is 0.703. The number of anilines is 1. The first kappa shape index (κ1) is 10.6. The maximum atomic E-state index is 7.09. The Kier molecular flexibility index (Phi) is 4.68. The Labute approximate surface area is 100 Å². The SMILES string of the molecule is [Ac].[NH-]c1ccc(Cl)c(N)c1. The first-order chi connectivity index (χ1) is 4.20. The fourth-order valence-corrected chi connectivity index (χ4v) is 0.661. The van der Waals surface area contributed by atoms with Crippen LogP contribution in [-0.4, -0.2) is 0 Å². The number of nitrogens with one attached hydrogen (secondary N) is 1. The number of hydrogen-bond acceptors (Lipinski definition) is 1. The number of rotatable bonds is 0. The van der Waals surface area contributed by atoms with Gasteiger partial charge in [0.25, 0.3) is 0 Å². The topological polar surface area (TPSA) is 49.8 Å². The summed E-state index contributed by atoms with van der Waals surface area (Å²) in [5.74, 6) is 0. The molecule has 1 aromatic rings. The zero-order valence-corrected chi connectivity index (χ0v) is 10.8. The van der Waals surface area contributed by atoms with Gasteiger partial charge in [-0.3, -0.25) is 0 Å². The first-order valence-electron chi connectivity index (χ1n) is 2.47. The molecule has 0 saturated heterocycles. The minimum absolute atomic E-state index is 0. The van der Waals surface area contributed by atoms with Gasteiger partial charge >= 0.3 is 0 Å². The molecule has 2 nitrogen and oxygen atoms in total. The van der Waals surface area contributed by atoms with Crippen LogP contribution in [0.15, 0.2) is 18.2 Å². The summed E-state index contributed by atoms with van der Waals surface area (Å²) in [5, 5.41) is 0.506. The summed E-state index contributed by atoms with van der Waals surface area (Å²) in [7, 11) is 0. The largest absolute Gasteiger partial charge is 0.699 e. The minimum atomic E-state index is 0. The average molecular weight is 369 g/mol. The molecule has 1 radical (unpaired) electrons. The van der Waals surface area contributed by atoms with Crippen LogP contribution >= 0.6 is 11.6 Å². The van der Waals surface area contributed by atoms with Gasteiger partial charge in [0.15, 0.2) is 0 Å². The number of benzene rings is 1. The van der Waals surface area contributed by atoms with E-state index in [9.17, 15) is 0 Å². The van der Waals surface area contributed by atoms with E-state index in [1.54, 1.807) is 12.1 Å². The van der Waals surface area contributed by atoms with Gasteiger partial charge in [-0.2, -0.15) is 0 Å². The molecule has 0 aliphatic carbocycles. The molecule has 0 amide bonds. The molecule has 4 heteroatoms. The van der Waals surface area contributed by atoms with E-state index in [-0.39, 0.29) is 44.1 Å². The summed E-state index contributed by atoms with van der Waals surface area (Å²) >= 11 is 5.57. The minimum Gasteiger partial charge on any atom is -0.699 e. The van der Waals surface area contributed by atoms with Crippen molar-refractivity contribution in [3.63, 3.8) is 0 Å². The van der Waals surface area contributed by atoms with Gasteiger partial charge in [0.1, 0.15) is 0 Å². The van der Waals surface area contributed by atoms with Gasteiger partial charge in [-0.15, -0.1) is 5.69 Å². The third kappa shape index (κ3) is 2.66. The van der Waals surface area contributed by atoms with Crippen molar-refractivity contribution in [3.05, 3.63) is 29.0 Å². The predicted octanol–water partition coefficient (Wildman–Crippen LogP) is 2.61. The molecule has 0 bridgehead atoms. The van der Waals surface area contributed by atoms with Crippen molar-refractivity contribution in [1.82, 2.24) is 0 Å². The van der Waals surface area contributed by atoms with Crippen LogP contribution in [0.25, 0.3) is 5.73 Å². The molecule has 0 saturated carbocycles. The molecule has 0 heterocycles. The van der Waals surface area contributed by atoms with Crippen LogP contribution in [0.2, 0.25) is 5.02 Å². The van der Waals surface area contributed by atoms with E-state index in [4.69, 9.17) is 23.1 Å². The van der Waals surface area contributed by atoms with Crippen LogP contribution in [0, 0.1) is 44.1 Å². The number of hydrogen-bond donors (Lipinski definition) is 1. The Morgan fingerprint density at radius 2 is 2.00 bits per heavy atom. The Hall–Kier alpha value is 0.552. The molecule has 0 fully saturated rings. The Morgan fingerprint density at radius 1 is 1.40 bits per heavy atom. The fourth-order valence-electron chi connectivity index (χ4n) is 0.544. The van der Waals surface area contributed by atoms with Crippen molar-refractivity contribution in [2.45, 2.75) is 0 Å². The number of nitrogen functional groups attached to an aromatic ring is 1. The Bertz CT molecular complexity index is 227. The van der Waals surface area contributed by atoms with Crippen LogP contribution in [0.3, 0.4) is 0 Å². The molecule has 0 atom stereocenters. The summed E-state index contributed by atoms with van der Waals surface area (Å²) in [6, 6.07) is 4.72. The van der Waals surface area contributed by atoms with Gasteiger partial charge in [0.2, 0.25) is 0 Å². The van der Waals surface area contributed by atoms with E-state index < -0.39 is 0 Å². The van der Waals surface area contributed by atoms with Gasteiger partial charge < -0.3 is 11.5 Å². The average Bonchev–Trinajstić information content (AvgIpc) is 1.80. The number of halogens is 1. The van der Waals surface area contributed by atoms with E-state index in [1.807, 2.05) is 0 Å². The zero-order chi connectivity index (χ0) is 6.85. The molecule has 0 unspecified atom stereocenters. The summed E-state index contributed by atoms with van der Waals surface area (Å²) in [6.07, 6.45) is 0. The monoisotopic (exact) mass is 368 g/mol. The van der Waals surface area contributed by atoms with Gasteiger partial charge in [0.05, 0.1) is 5.02 Å². The Morgan fingerprint density at radius 3 is 2.40 bits per heavy atom. The molecule has 1 aromatic carbocycles. The van der Waals surface area contributed by atoms with Crippen molar-refractivity contribution < 1.29 is 44.1 Å². The third-order valence-corrected chi connectivity index (χ3v) is 1.34. The van der Waals surface area contributed by atoms with Crippen molar-refractivity contribution in [1.29, 1.82) is 0 Å². The van der Waals surface area contributed by atoms with Gasteiger partial charge in [-0.25, -0.2) is 0 Å². The van der Waals surface area contributed by atoms with E-state index in [2.05, 4.69) is 0 Å². The standard InChI is InChI=1S/C6H6ClN2.Ac/c7-5-2-1-4(8)3-6(5)9;/h1-3,8H,9H2;/q-1;. The van der Waals surface area contributed by atoms with E-state index in [0.29, 0.717) is 16.4 Å². The molecular weight excluding hydrogens is 363 g/mol. The van der Waals surface area contributed by atoms with Crippen LogP contribution < -0.4 is 5.73 Å². The normalized spacial score (nSPS) is 8.50. The smallest absolute Gasteiger partial charge is 0.0634 e. The summed E-state index contributed by atoms with van der Waals surface area (Å²) in [4.78, 5) is 0. The molecule has 51 valence electrons. The van der Waals surface area contributed by atoms with E-state index in [1.165, 1.54) is 6.07 Å². The zero-order valence-electron chi connectivity index (χ0n) is 5.26. The molecule has 3 N–H and O–H groups in total. The van der Waals surface area contributed by atoms with Crippen LogP contribution in [0.1, 0.15) is 0 Å². The summed E-state index contributed by atoms with van der Waals surface area (Å²) in [5.41, 5.74) is 13.3. The predicted molar refractivity (Wildman–Crippen MR) is 39.8 cm³/mol. The first-order valence-corrected chi connectivity index (χ1v) is 2.84.